The van der Waals surface area contributed by atoms with Gasteiger partial charge >= 0.3 is 6.09 Å². The Hall–Kier alpha value is -2.69. The molecule has 1 fully saturated rings. The third-order valence-corrected chi connectivity index (χ3v) is 4.53. The van der Waals surface area contributed by atoms with Gasteiger partial charge in [-0.2, -0.15) is 0 Å². The molecule has 1 saturated heterocycles. The zero-order valence-electron chi connectivity index (χ0n) is 17.0. The number of piperidine rings is 1. The van der Waals surface area contributed by atoms with Gasteiger partial charge in [0.1, 0.15) is 18.0 Å². The standard InChI is InChI=1S/C23H30N2O3/c1-23(2,3)28-22(26)25-14-8-12-20(16-25)24-19-11-7-13-21(15-19)27-17-18-9-5-4-6-10-18/h4-7,9-11,13,15,20,24H,8,12,14,16-17H2,1-3H3/t20-/m1/s1. The third kappa shape index (κ3) is 6.19. The summed E-state index contributed by atoms with van der Waals surface area (Å²) in [5.74, 6) is 0.827. The van der Waals surface area contributed by atoms with Crippen LogP contribution >= 0.6 is 0 Å². The van der Waals surface area contributed by atoms with Crippen molar-refractivity contribution in [3.05, 3.63) is 60.2 Å². The summed E-state index contributed by atoms with van der Waals surface area (Å²) >= 11 is 0. The summed E-state index contributed by atoms with van der Waals surface area (Å²) in [4.78, 5) is 14.1. The summed E-state index contributed by atoms with van der Waals surface area (Å²) in [5, 5.41) is 3.54. The molecule has 28 heavy (non-hydrogen) atoms. The first-order valence-electron chi connectivity index (χ1n) is 9.90. The van der Waals surface area contributed by atoms with E-state index >= 15 is 0 Å². The maximum atomic E-state index is 12.3. The number of benzene rings is 2. The van der Waals surface area contributed by atoms with Crippen molar-refractivity contribution in [2.45, 2.75) is 51.9 Å². The molecule has 5 heteroatoms. The normalized spacial score (nSPS) is 17.1. The molecule has 1 atom stereocenters. The maximum absolute atomic E-state index is 12.3. The molecule has 0 aromatic heterocycles. The first-order chi connectivity index (χ1) is 13.4. The Kier molecular flexibility index (Phi) is 6.45. The van der Waals surface area contributed by atoms with Crippen molar-refractivity contribution in [1.29, 1.82) is 0 Å². The summed E-state index contributed by atoms with van der Waals surface area (Å²) in [6.07, 6.45) is 1.74. The number of amides is 1. The predicted octanol–water partition coefficient (Wildman–Crippen LogP) is 5.08. The summed E-state index contributed by atoms with van der Waals surface area (Å²) in [6.45, 7) is 7.61. The Morgan fingerprint density at radius 2 is 1.93 bits per heavy atom. The highest BCUT2D eigenvalue weighted by atomic mass is 16.6. The van der Waals surface area contributed by atoms with Crippen LogP contribution in [0.5, 0.6) is 5.75 Å². The van der Waals surface area contributed by atoms with Crippen LogP contribution in [0, 0.1) is 0 Å². The van der Waals surface area contributed by atoms with Crippen molar-refractivity contribution >= 4 is 11.8 Å². The van der Waals surface area contributed by atoms with Crippen LogP contribution in [0.25, 0.3) is 0 Å². The molecule has 1 aliphatic rings. The average molecular weight is 383 g/mol. The molecule has 0 radical (unpaired) electrons. The minimum absolute atomic E-state index is 0.200. The summed E-state index contributed by atoms with van der Waals surface area (Å²) in [5.41, 5.74) is 1.67. The highest BCUT2D eigenvalue weighted by molar-refractivity contribution is 5.68. The second-order valence-corrected chi connectivity index (χ2v) is 8.21. The second kappa shape index (κ2) is 9.00. The Morgan fingerprint density at radius 3 is 2.68 bits per heavy atom. The van der Waals surface area contributed by atoms with Gasteiger partial charge in [-0.05, 0) is 51.3 Å². The zero-order chi connectivity index (χ0) is 20.0. The molecule has 1 amide bonds. The molecule has 3 rings (SSSR count). The van der Waals surface area contributed by atoms with Crippen molar-refractivity contribution in [3.8, 4) is 5.75 Å². The van der Waals surface area contributed by atoms with Crippen molar-refractivity contribution < 1.29 is 14.3 Å². The van der Waals surface area contributed by atoms with E-state index in [9.17, 15) is 4.79 Å². The quantitative estimate of drug-likeness (QED) is 0.784. The van der Waals surface area contributed by atoms with Gasteiger partial charge < -0.3 is 19.7 Å². The number of hydrogen-bond acceptors (Lipinski definition) is 4. The van der Waals surface area contributed by atoms with Gasteiger partial charge in [0, 0.05) is 30.9 Å². The lowest BCUT2D eigenvalue weighted by Crippen LogP contribution is -2.46. The number of nitrogens with zero attached hydrogens (tertiary/aromatic N) is 1. The molecule has 1 aliphatic heterocycles. The van der Waals surface area contributed by atoms with Crippen LogP contribution in [0.3, 0.4) is 0 Å². The van der Waals surface area contributed by atoms with Crippen LogP contribution < -0.4 is 10.1 Å². The number of carbonyl (C=O) groups excluding carboxylic acids is 1. The fourth-order valence-electron chi connectivity index (χ4n) is 3.24. The van der Waals surface area contributed by atoms with Crippen molar-refractivity contribution in [2.75, 3.05) is 18.4 Å². The minimum atomic E-state index is -0.470. The van der Waals surface area contributed by atoms with E-state index in [2.05, 4.69) is 17.4 Å². The topological polar surface area (TPSA) is 50.8 Å². The number of hydrogen-bond donors (Lipinski definition) is 1. The van der Waals surface area contributed by atoms with Crippen molar-refractivity contribution in [1.82, 2.24) is 4.90 Å². The van der Waals surface area contributed by atoms with Gasteiger partial charge in [-0.1, -0.05) is 36.4 Å². The molecule has 1 heterocycles. The average Bonchev–Trinajstić information content (AvgIpc) is 2.66. The largest absolute Gasteiger partial charge is 0.489 e. The van der Waals surface area contributed by atoms with Gasteiger partial charge in [0.05, 0.1) is 0 Å². The summed E-state index contributed by atoms with van der Waals surface area (Å²) < 4.78 is 11.4. The number of nitrogens with one attached hydrogen (secondary N) is 1. The SMILES string of the molecule is CC(C)(C)OC(=O)N1CCC[C@@H](Nc2cccc(OCc3ccccc3)c2)C1. The van der Waals surface area contributed by atoms with Crippen LogP contribution in [0.15, 0.2) is 54.6 Å². The highest BCUT2D eigenvalue weighted by Gasteiger charge is 2.27. The molecule has 0 saturated carbocycles. The lowest BCUT2D eigenvalue weighted by molar-refractivity contribution is 0.0206. The molecule has 1 N–H and O–H groups in total. The van der Waals surface area contributed by atoms with E-state index in [1.807, 2.05) is 63.2 Å². The Bertz CT molecular complexity index is 771. The van der Waals surface area contributed by atoms with Crippen molar-refractivity contribution in [2.24, 2.45) is 0 Å². The molecule has 0 aliphatic carbocycles. The maximum Gasteiger partial charge on any atom is 0.410 e. The second-order valence-electron chi connectivity index (χ2n) is 8.21. The summed E-state index contributed by atoms with van der Waals surface area (Å²) in [6, 6.07) is 18.3. The lowest BCUT2D eigenvalue weighted by Gasteiger charge is -2.34. The van der Waals surface area contributed by atoms with Crippen LogP contribution in [-0.2, 0) is 11.3 Å². The number of likely N-dealkylation sites (tertiary alicyclic amines) is 1. The predicted molar refractivity (Wildman–Crippen MR) is 112 cm³/mol. The first kappa shape index (κ1) is 20.1. The van der Waals surface area contributed by atoms with Crippen molar-refractivity contribution in [3.63, 3.8) is 0 Å². The van der Waals surface area contributed by atoms with Crippen LogP contribution in [0.4, 0.5) is 10.5 Å². The van der Waals surface area contributed by atoms with E-state index in [-0.39, 0.29) is 12.1 Å². The van der Waals surface area contributed by atoms with Crippen LogP contribution in [0.1, 0.15) is 39.2 Å². The molecule has 0 unspecified atom stereocenters. The van der Waals surface area contributed by atoms with Gasteiger partial charge in [-0.15, -0.1) is 0 Å². The minimum Gasteiger partial charge on any atom is -0.489 e. The number of anilines is 1. The molecule has 150 valence electrons. The van der Waals surface area contributed by atoms with Gasteiger partial charge in [0.25, 0.3) is 0 Å². The molecular formula is C23H30N2O3. The molecule has 2 aromatic rings. The zero-order valence-corrected chi connectivity index (χ0v) is 17.0. The fourth-order valence-corrected chi connectivity index (χ4v) is 3.24. The third-order valence-electron chi connectivity index (χ3n) is 4.53. The van der Waals surface area contributed by atoms with Gasteiger partial charge in [0.15, 0.2) is 0 Å². The van der Waals surface area contributed by atoms with Crippen LogP contribution in [0.2, 0.25) is 0 Å². The molecule has 5 nitrogen and oxygen atoms in total. The Balaban J connectivity index is 1.55. The molecule has 2 aromatic carbocycles. The van der Waals surface area contributed by atoms with E-state index in [0.717, 1.165) is 36.4 Å². The number of carbonyl (C=O) groups is 1. The van der Waals surface area contributed by atoms with E-state index in [4.69, 9.17) is 9.47 Å². The van der Waals surface area contributed by atoms with Gasteiger partial charge in [0.2, 0.25) is 0 Å². The molecular weight excluding hydrogens is 352 g/mol. The van der Waals surface area contributed by atoms with Crippen LogP contribution in [-0.4, -0.2) is 35.7 Å². The van der Waals surface area contributed by atoms with E-state index in [0.29, 0.717) is 13.2 Å². The van der Waals surface area contributed by atoms with Gasteiger partial charge in [-0.25, -0.2) is 4.79 Å². The fraction of sp³-hybridized carbons (Fsp3) is 0.435. The smallest absolute Gasteiger partial charge is 0.410 e. The summed E-state index contributed by atoms with van der Waals surface area (Å²) in [7, 11) is 0. The Morgan fingerprint density at radius 1 is 1.14 bits per heavy atom. The van der Waals surface area contributed by atoms with E-state index in [1.165, 1.54) is 0 Å². The van der Waals surface area contributed by atoms with E-state index < -0.39 is 5.60 Å². The molecule has 0 spiro atoms. The first-order valence-corrected chi connectivity index (χ1v) is 9.90. The lowest BCUT2D eigenvalue weighted by atomic mass is 10.1. The number of ether oxygens (including phenoxy) is 2. The Labute approximate surface area is 167 Å². The monoisotopic (exact) mass is 382 g/mol. The highest BCUT2D eigenvalue weighted by Crippen LogP contribution is 2.22. The van der Waals surface area contributed by atoms with Gasteiger partial charge in [-0.3, -0.25) is 0 Å². The molecule has 0 bridgehead atoms. The number of rotatable bonds is 5. The van der Waals surface area contributed by atoms with E-state index in [1.54, 1.807) is 4.90 Å².